The molecule has 1 aromatic heterocycles. The third-order valence-corrected chi connectivity index (χ3v) is 5.56. The number of aromatic nitrogens is 2. The molecule has 1 atom stereocenters. The largest absolute Gasteiger partial charge is 0.507 e. The van der Waals surface area contributed by atoms with Crippen molar-refractivity contribution < 1.29 is 19.4 Å². The summed E-state index contributed by atoms with van der Waals surface area (Å²) in [6.07, 6.45) is 0. The lowest BCUT2D eigenvalue weighted by Crippen LogP contribution is -2.29. The minimum absolute atomic E-state index is 0.0169. The molecule has 0 bridgehead atoms. The van der Waals surface area contributed by atoms with Gasteiger partial charge in [-0.15, -0.1) is 10.2 Å². The molecule has 1 aliphatic heterocycles. The molecule has 0 spiro atoms. The number of carbonyl (C=O) groups excluding carboxylic acids is 2. The van der Waals surface area contributed by atoms with E-state index in [1.54, 1.807) is 31.2 Å². The molecule has 0 unspecified atom stereocenters. The molecule has 1 amide bonds. The fourth-order valence-corrected chi connectivity index (χ4v) is 4.11. The second kappa shape index (κ2) is 8.08. The van der Waals surface area contributed by atoms with E-state index in [0.717, 1.165) is 0 Å². The van der Waals surface area contributed by atoms with Crippen LogP contribution in [0.1, 0.15) is 29.1 Å². The van der Waals surface area contributed by atoms with Gasteiger partial charge in [-0.2, -0.15) is 0 Å². The Labute approximate surface area is 177 Å². The Kier molecular flexibility index (Phi) is 5.33. The number of ketones is 1. The van der Waals surface area contributed by atoms with E-state index in [4.69, 9.17) is 4.74 Å². The van der Waals surface area contributed by atoms with E-state index in [2.05, 4.69) is 10.2 Å². The lowest BCUT2D eigenvalue weighted by molar-refractivity contribution is -0.132. The number of nitrogens with zero attached hydrogens (tertiary/aromatic N) is 3. The molecule has 3 aromatic rings. The van der Waals surface area contributed by atoms with Gasteiger partial charge in [-0.1, -0.05) is 41.7 Å². The van der Waals surface area contributed by atoms with Crippen LogP contribution in [-0.4, -0.2) is 33.6 Å². The summed E-state index contributed by atoms with van der Waals surface area (Å²) in [5.74, 6) is -1.09. The van der Waals surface area contributed by atoms with E-state index in [1.165, 1.54) is 16.2 Å². The summed E-state index contributed by atoms with van der Waals surface area (Å²) in [6.45, 7) is 4.17. The Morgan fingerprint density at radius 3 is 2.40 bits per heavy atom. The first-order valence-electron chi connectivity index (χ1n) is 9.40. The van der Waals surface area contributed by atoms with E-state index in [-0.39, 0.29) is 11.3 Å². The average Bonchev–Trinajstić information content (AvgIpc) is 3.30. The van der Waals surface area contributed by atoms with Crippen LogP contribution in [0.4, 0.5) is 5.13 Å². The summed E-state index contributed by atoms with van der Waals surface area (Å²) in [4.78, 5) is 27.2. The van der Waals surface area contributed by atoms with Crippen LogP contribution in [0.15, 0.2) is 60.2 Å². The van der Waals surface area contributed by atoms with Crippen molar-refractivity contribution in [3.63, 3.8) is 0 Å². The zero-order chi connectivity index (χ0) is 21.3. The van der Waals surface area contributed by atoms with Crippen LogP contribution < -0.4 is 9.64 Å². The van der Waals surface area contributed by atoms with Gasteiger partial charge in [-0.25, -0.2) is 0 Å². The number of hydrogen-bond donors (Lipinski definition) is 1. The normalized spacial score (nSPS) is 18.1. The molecule has 1 aliphatic rings. The zero-order valence-corrected chi connectivity index (χ0v) is 17.2. The molecule has 0 aliphatic carbocycles. The van der Waals surface area contributed by atoms with Gasteiger partial charge in [-0.3, -0.25) is 14.5 Å². The highest BCUT2D eigenvalue weighted by atomic mass is 32.1. The average molecular weight is 421 g/mol. The van der Waals surface area contributed by atoms with E-state index < -0.39 is 17.7 Å². The summed E-state index contributed by atoms with van der Waals surface area (Å²) in [5.41, 5.74) is 1.13. The molecule has 1 saturated heterocycles. The number of ether oxygens (including phenoxy) is 1. The number of aliphatic hydroxyl groups excluding tert-OH is 1. The molecule has 152 valence electrons. The van der Waals surface area contributed by atoms with E-state index in [0.29, 0.717) is 33.6 Å². The van der Waals surface area contributed by atoms with Crippen molar-refractivity contribution in [3.8, 4) is 5.75 Å². The maximum absolute atomic E-state index is 13.0. The molecule has 0 saturated carbocycles. The number of amides is 1. The van der Waals surface area contributed by atoms with Crippen molar-refractivity contribution in [2.45, 2.75) is 19.9 Å². The first-order valence-corrected chi connectivity index (χ1v) is 10.2. The number of anilines is 1. The first-order chi connectivity index (χ1) is 14.5. The van der Waals surface area contributed by atoms with Gasteiger partial charge >= 0.3 is 5.91 Å². The molecule has 0 radical (unpaired) electrons. The molecule has 2 heterocycles. The van der Waals surface area contributed by atoms with E-state index in [9.17, 15) is 14.7 Å². The van der Waals surface area contributed by atoms with Crippen molar-refractivity contribution in [2.75, 3.05) is 11.5 Å². The third-order valence-electron chi connectivity index (χ3n) is 4.72. The smallest absolute Gasteiger partial charge is 0.301 e. The molecule has 2 aromatic carbocycles. The highest BCUT2D eigenvalue weighted by Gasteiger charge is 2.48. The number of hydrogen-bond acceptors (Lipinski definition) is 7. The van der Waals surface area contributed by atoms with Crippen LogP contribution >= 0.6 is 11.3 Å². The molecule has 7 nitrogen and oxygen atoms in total. The van der Waals surface area contributed by atoms with Crippen LogP contribution in [0.3, 0.4) is 0 Å². The Hall–Kier alpha value is -3.52. The van der Waals surface area contributed by atoms with Crippen LogP contribution in [0.25, 0.3) is 5.76 Å². The quantitative estimate of drug-likeness (QED) is 0.382. The van der Waals surface area contributed by atoms with Crippen molar-refractivity contribution in [3.05, 3.63) is 76.3 Å². The van der Waals surface area contributed by atoms with Gasteiger partial charge in [0.1, 0.15) is 16.5 Å². The lowest BCUT2D eigenvalue weighted by atomic mass is 9.95. The summed E-state index contributed by atoms with van der Waals surface area (Å²) >= 11 is 1.22. The van der Waals surface area contributed by atoms with Crippen LogP contribution in [0.5, 0.6) is 5.75 Å². The van der Waals surface area contributed by atoms with E-state index >= 15 is 0 Å². The molecule has 1 fully saturated rings. The predicted molar refractivity (Wildman–Crippen MR) is 113 cm³/mol. The number of carbonyl (C=O) groups is 2. The van der Waals surface area contributed by atoms with Crippen molar-refractivity contribution in [1.82, 2.24) is 10.2 Å². The van der Waals surface area contributed by atoms with Crippen LogP contribution in [0, 0.1) is 6.92 Å². The van der Waals surface area contributed by atoms with Gasteiger partial charge in [0.25, 0.3) is 5.78 Å². The maximum atomic E-state index is 13.0. The molecular formula is C22H19N3O4S. The second-order valence-electron chi connectivity index (χ2n) is 6.64. The predicted octanol–water partition coefficient (Wildman–Crippen LogP) is 3.87. The minimum Gasteiger partial charge on any atom is -0.507 e. The van der Waals surface area contributed by atoms with E-state index in [1.807, 2.05) is 37.3 Å². The summed E-state index contributed by atoms with van der Waals surface area (Å²) in [5, 5.41) is 20.1. The van der Waals surface area contributed by atoms with Crippen molar-refractivity contribution in [1.29, 1.82) is 0 Å². The summed E-state index contributed by atoms with van der Waals surface area (Å²) in [6, 6.07) is 15.0. The third kappa shape index (κ3) is 3.46. The van der Waals surface area contributed by atoms with Crippen LogP contribution in [0.2, 0.25) is 0 Å². The molecule has 8 heteroatoms. The SMILES string of the molecule is CCOc1ccc(C(O)=C2C(=O)C(=O)N(c3nnc(C)s3)[C@H]2c2ccccc2)cc1. The molecule has 30 heavy (non-hydrogen) atoms. The minimum atomic E-state index is -0.801. The number of benzene rings is 2. The molecule has 1 N–H and O–H groups in total. The van der Waals surface area contributed by atoms with Crippen molar-refractivity contribution >= 4 is 33.9 Å². The Bertz CT molecular complexity index is 1120. The van der Waals surface area contributed by atoms with Crippen LogP contribution in [-0.2, 0) is 9.59 Å². The van der Waals surface area contributed by atoms with Gasteiger partial charge < -0.3 is 9.84 Å². The fraction of sp³-hybridized carbons (Fsp3) is 0.182. The standard InChI is InChI=1S/C22H19N3O4S/c1-3-29-16-11-9-15(10-12-16)19(26)17-18(14-7-5-4-6-8-14)25(21(28)20(17)27)22-24-23-13(2)30-22/h4-12,18,26H,3H2,1-2H3/t18-/m0/s1. The lowest BCUT2D eigenvalue weighted by Gasteiger charge is -2.22. The van der Waals surface area contributed by atoms with Crippen molar-refractivity contribution in [2.24, 2.45) is 0 Å². The molecular weight excluding hydrogens is 402 g/mol. The Morgan fingerprint density at radius 2 is 1.80 bits per heavy atom. The Morgan fingerprint density at radius 1 is 1.10 bits per heavy atom. The van der Waals surface area contributed by atoms with Gasteiger partial charge in [0.15, 0.2) is 0 Å². The number of Topliss-reactive ketones (excluding diaryl/α,β-unsaturated/α-hetero) is 1. The summed E-state index contributed by atoms with van der Waals surface area (Å²) < 4.78 is 5.43. The fourth-order valence-electron chi connectivity index (χ4n) is 3.40. The van der Waals surface area contributed by atoms with Gasteiger partial charge in [-0.05, 0) is 43.7 Å². The van der Waals surface area contributed by atoms with Gasteiger partial charge in [0.05, 0.1) is 18.2 Å². The highest BCUT2D eigenvalue weighted by Crippen LogP contribution is 2.42. The monoisotopic (exact) mass is 421 g/mol. The maximum Gasteiger partial charge on any atom is 0.301 e. The summed E-state index contributed by atoms with van der Waals surface area (Å²) in [7, 11) is 0. The number of aryl methyl sites for hydroxylation is 1. The van der Waals surface area contributed by atoms with Gasteiger partial charge in [0, 0.05) is 5.56 Å². The second-order valence-corrected chi connectivity index (χ2v) is 7.80. The van der Waals surface area contributed by atoms with Gasteiger partial charge in [0.2, 0.25) is 5.13 Å². The zero-order valence-electron chi connectivity index (χ0n) is 16.4. The highest BCUT2D eigenvalue weighted by molar-refractivity contribution is 7.15. The Balaban J connectivity index is 1.87. The number of rotatable bonds is 5. The number of aliphatic hydroxyl groups is 1. The topological polar surface area (TPSA) is 92.6 Å². The first kappa shape index (κ1) is 19.8. The molecule has 4 rings (SSSR count).